The number of hydrogen-bond acceptors (Lipinski definition) is 6. The smallest absolute Gasteiger partial charge is 0.191 e. The van der Waals surface area contributed by atoms with Gasteiger partial charge < -0.3 is 9.88 Å². The zero-order valence-corrected chi connectivity index (χ0v) is 13.1. The normalized spacial score (nSPS) is 14.5. The highest BCUT2D eigenvalue weighted by Crippen LogP contribution is 2.24. The number of hydrogen-bond donors (Lipinski definition) is 1. The Morgan fingerprint density at radius 3 is 2.95 bits per heavy atom. The van der Waals surface area contributed by atoms with Crippen molar-refractivity contribution in [3.63, 3.8) is 0 Å². The van der Waals surface area contributed by atoms with Crippen LogP contribution in [0, 0.1) is 0 Å². The first-order chi connectivity index (χ1) is 10.4. The van der Waals surface area contributed by atoms with Gasteiger partial charge >= 0.3 is 0 Å². The second-order valence-corrected chi connectivity index (χ2v) is 6.02. The summed E-state index contributed by atoms with van der Waals surface area (Å²) in [6, 6.07) is 0. The van der Waals surface area contributed by atoms with Crippen LogP contribution in [0.4, 0.5) is 5.82 Å². The van der Waals surface area contributed by atoms with Crippen molar-refractivity contribution in [1.82, 2.24) is 24.7 Å². The summed E-state index contributed by atoms with van der Waals surface area (Å²) in [7, 11) is 0. The number of thioether (sulfide) groups is 1. The maximum Gasteiger partial charge on any atom is 0.191 e. The average molecular weight is 304 g/mol. The zero-order valence-electron chi connectivity index (χ0n) is 12.2. The van der Waals surface area contributed by atoms with E-state index in [0.29, 0.717) is 0 Å². The molecule has 0 bridgehead atoms. The van der Waals surface area contributed by atoms with Gasteiger partial charge in [0.1, 0.15) is 11.6 Å². The number of rotatable bonds is 5. The minimum Gasteiger partial charge on any atom is -0.369 e. The number of nitrogens with zero attached hydrogens (tertiary/aromatic N) is 5. The molecule has 0 amide bonds. The monoisotopic (exact) mass is 304 g/mol. The lowest BCUT2D eigenvalue weighted by atomic mass is 10.2. The van der Waals surface area contributed by atoms with Gasteiger partial charge in [-0.25, -0.2) is 4.98 Å². The topological polar surface area (TPSA) is 68.5 Å². The molecule has 1 N–H and O–H groups in total. The maximum absolute atomic E-state index is 4.42. The molecular formula is C14H20N6S. The molecule has 21 heavy (non-hydrogen) atoms. The van der Waals surface area contributed by atoms with Crippen LogP contribution < -0.4 is 5.32 Å². The van der Waals surface area contributed by atoms with Crippen molar-refractivity contribution in [3.8, 4) is 0 Å². The van der Waals surface area contributed by atoms with Crippen LogP contribution in [0.5, 0.6) is 0 Å². The highest BCUT2D eigenvalue weighted by Gasteiger charge is 2.15. The molecule has 2 aromatic heterocycles. The summed E-state index contributed by atoms with van der Waals surface area (Å²) in [4.78, 5) is 8.77. The fourth-order valence-electron chi connectivity index (χ4n) is 2.41. The van der Waals surface area contributed by atoms with Crippen molar-refractivity contribution in [3.05, 3.63) is 23.9 Å². The fourth-order valence-corrected chi connectivity index (χ4v) is 3.28. The number of anilines is 1. The van der Waals surface area contributed by atoms with E-state index in [-0.39, 0.29) is 0 Å². The van der Waals surface area contributed by atoms with Gasteiger partial charge in [0.15, 0.2) is 5.16 Å². The molecule has 3 rings (SSSR count). The SMILES string of the molecule is CCNc1cnc(CSc2nnc3n2CCCCC3)cn1. The Morgan fingerprint density at radius 1 is 1.19 bits per heavy atom. The van der Waals surface area contributed by atoms with Crippen LogP contribution in [0.2, 0.25) is 0 Å². The Labute approximate surface area is 128 Å². The second-order valence-electron chi connectivity index (χ2n) is 5.07. The second kappa shape index (κ2) is 6.89. The molecule has 1 aliphatic heterocycles. The van der Waals surface area contributed by atoms with Gasteiger partial charge in [-0.3, -0.25) is 4.98 Å². The van der Waals surface area contributed by atoms with E-state index >= 15 is 0 Å². The lowest BCUT2D eigenvalue weighted by Gasteiger charge is -2.06. The van der Waals surface area contributed by atoms with E-state index in [1.54, 1.807) is 18.0 Å². The van der Waals surface area contributed by atoms with Gasteiger partial charge in [0.2, 0.25) is 0 Å². The maximum atomic E-state index is 4.42. The van der Waals surface area contributed by atoms with Crippen molar-refractivity contribution in [2.75, 3.05) is 11.9 Å². The van der Waals surface area contributed by atoms with Gasteiger partial charge in [0.05, 0.1) is 18.1 Å². The molecule has 0 spiro atoms. The molecule has 7 heteroatoms. The standard InChI is InChI=1S/C14H20N6S/c1-2-15-12-9-16-11(8-17-12)10-21-14-19-18-13-6-4-3-5-7-20(13)14/h8-9H,2-7,10H2,1H3,(H,15,17). The third-order valence-corrected chi connectivity index (χ3v) is 4.49. The minimum absolute atomic E-state index is 0.775. The highest BCUT2D eigenvalue weighted by atomic mass is 32.2. The molecule has 0 atom stereocenters. The van der Waals surface area contributed by atoms with E-state index in [0.717, 1.165) is 47.8 Å². The summed E-state index contributed by atoms with van der Waals surface area (Å²) in [6.45, 7) is 3.94. The lowest BCUT2D eigenvalue weighted by Crippen LogP contribution is -2.03. The summed E-state index contributed by atoms with van der Waals surface area (Å²) in [5.74, 6) is 2.73. The van der Waals surface area contributed by atoms with Crippen molar-refractivity contribution < 1.29 is 0 Å². The van der Waals surface area contributed by atoms with E-state index in [2.05, 4.69) is 30.0 Å². The van der Waals surface area contributed by atoms with Crippen LogP contribution >= 0.6 is 11.8 Å². The summed E-state index contributed by atoms with van der Waals surface area (Å²) < 4.78 is 2.26. The number of fused-ring (bicyclic) bond motifs is 1. The molecular weight excluding hydrogens is 284 g/mol. The predicted molar refractivity (Wildman–Crippen MR) is 83.3 cm³/mol. The van der Waals surface area contributed by atoms with Crippen LogP contribution in [0.3, 0.4) is 0 Å². The van der Waals surface area contributed by atoms with Crippen molar-refractivity contribution in [2.24, 2.45) is 0 Å². The van der Waals surface area contributed by atoms with Crippen molar-refractivity contribution in [1.29, 1.82) is 0 Å². The van der Waals surface area contributed by atoms with E-state index in [1.807, 2.05) is 13.1 Å². The highest BCUT2D eigenvalue weighted by molar-refractivity contribution is 7.98. The van der Waals surface area contributed by atoms with Crippen LogP contribution in [-0.4, -0.2) is 31.3 Å². The van der Waals surface area contributed by atoms with Gasteiger partial charge in [0, 0.05) is 25.3 Å². The van der Waals surface area contributed by atoms with Gasteiger partial charge in [0.25, 0.3) is 0 Å². The Morgan fingerprint density at radius 2 is 2.14 bits per heavy atom. The molecule has 0 saturated carbocycles. The van der Waals surface area contributed by atoms with Crippen molar-refractivity contribution >= 4 is 17.6 Å². The molecule has 2 aromatic rings. The van der Waals surface area contributed by atoms with Gasteiger partial charge in [-0.2, -0.15) is 0 Å². The molecule has 6 nitrogen and oxygen atoms in total. The van der Waals surface area contributed by atoms with Gasteiger partial charge in [-0.15, -0.1) is 10.2 Å². The summed E-state index contributed by atoms with van der Waals surface area (Å²) in [5.41, 5.74) is 0.965. The third kappa shape index (κ3) is 3.53. The van der Waals surface area contributed by atoms with Gasteiger partial charge in [-0.05, 0) is 19.8 Å². The van der Waals surface area contributed by atoms with Crippen LogP contribution in [0.1, 0.15) is 37.7 Å². The minimum atomic E-state index is 0.775. The van der Waals surface area contributed by atoms with E-state index < -0.39 is 0 Å². The number of aryl methyl sites for hydroxylation is 1. The first-order valence-corrected chi connectivity index (χ1v) is 8.45. The fraction of sp³-hybridized carbons (Fsp3) is 0.571. The summed E-state index contributed by atoms with van der Waals surface area (Å²) in [6.07, 6.45) is 8.37. The zero-order chi connectivity index (χ0) is 14.5. The first-order valence-electron chi connectivity index (χ1n) is 7.46. The Kier molecular flexibility index (Phi) is 4.69. The molecule has 0 unspecified atom stereocenters. The molecule has 0 aliphatic carbocycles. The molecule has 0 aromatic carbocycles. The summed E-state index contributed by atoms with van der Waals surface area (Å²) in [5, 5.41) is 12.8. The Balaban J connectivity index is 1.63. The Hall–Kier alpha value is -1.63. The lowest BCUT2D eigenvalue weighted by molar-refractivity contribution is 0.591. The average Bonchev–Trinajstić information content (AvgIpc) is 2.74. The van der Waals surface area contributed by atoms with Crippen LogP contribution in [0.15, 0.2) is 17.6 Å². The number of nitrogens with one attached hydrogen (secondary N) is 1. The Bertz CT molecular complexity index is 580. The molecule has 0 radical (unpaired) electrons. The van der Waals surface area contributed by atoms with Crippen LogP contribution in [0.25, 0.3) is 0 Å². The molecule has 1 aliphatic rings. The van der Waals surface area contributed by atoms with E-state index in [4.69, 9.17) is 0 Å². The molecule has 0 fully saturated rings. The van der Waals surface area contributed by atoms with E-state index in [9.17, 15) is 0 Å². The number of aromatic nitrogens is 5. The van der Waals surface area contributed by atoms with E-state index in [1.165, 1.54) is 19.3 Å². The van der Waals surface area contributed by atoms with Crippen LogP contribution in [-0.2, 0) is 18.7 Å². The first kappa shape index (κ1) is 14.3. The van der Waals surface area contributed by atoms with Gasteiger partial charge in [-0.1, -0.05) is 18.2 Å². The predicted octanol–water partition coefficient (Wildman–Crippen LogP) is 2.52. The largest absolute Gasteiger partial charge is 0.369 e. The molecule has 3 heterocycles. The molecule has 0 saturated heterocycles. The molecule has 112 valence electrons. The van der Waals surface area contributed by atoms with Crippen molar-refractivity contribution in [2.45, 2.75) is 50.1 Å². The summed E-state index contributed by atoms with van der Waals surface area (Å²) >= 11 is 1.69. The quantitative estimate of drug-likeness (QED) is 0.856. The third-order valence-electron chi connectivity index (χ3n) is 3.49.